The van der Waals surface area contributed by atoms with Crippen LogP contribution in [0.1, 0.15) is 18.9 Å². The molecule has 3 atom stereocenters. The van der Waals surface area contributed by atoms with E-state index in [1.807, 2.05) is 4.90 Å². The van der Waals surface area contributed by atoms with Crippen LogP contribution in [0, 0.1) is 5.41 Å². The van der Waals surface area contributed by atoms with Crippen LogP contribution in [0.2, 0.25) is 0 Å². The number of carboxylic acids is 2. The van der Waals surface area contributed by atoms with Crippen LogP contribution < -0.4 is 10.6 Å². The molecule has 0 aliphatic carbocycles. The molecule has 0 bridgehead atoms. The molecule has 1 amide bonds. The van der Waals surface area contributed by atoms with E-state index in [9.17, 15) is 24.3 Å². The zero-order chi connectivity index (χ0) is 25.0. The molecule has 34 heavy (non-hydrogen) atoms. The number of anilines is 1. The van der Waals surface area contributed by atoms with Crippen molar-refractivity contribution < 1.29 is 38.9 Å². The van der Waals surface area contributed by atoms with Gasteiger partial charge in [0.1, 0.15) is 11.9 Å². The minimum Gasteiger partial charge on any atom is -0.481 e. The number of nitrogen functional groups attached to an aromatic ring is 1. The Kier molecular flexibility index (Phi) is 7.68. The molecule has 1 aromatic rings. The average molecular weight is 477 g/mol. The quantitative estimate of drug-likeness (QED) is 0.208. The van der Waals surface area contributed by atoms with Gasteiger partial charge in [0.05, 0.1) is 12.1 Å². The Bertz CT molecular complexity index is 960. The third-order valence-electron chi connectivity index (χ3n) is 5.70. The number of carbonyl (C=O) groups is 4. The molecule has 2 heterocycles. The molecule has 2 fully saturated rings. The Morgan fingerprint density at radius 2 is 1.79 bits per heavy atom. The van der Waals surface area contributed by atoms with Crippen LogP contribution >= 0.6 is 0 Å². The molecule has 0 saturated carbocycles. The van der Waals surface area contributed by atoms with E-state index >= 15 is 0 Å². The van der Waals surface area contributed by atoms with Crippen molar-refractivity contribution in [3.8, 4) is 0 Å². The second-order valence-corrected chi connectivity index (χ2v) is 8.04. The topological polar surface area (TPSA) is 187 Å². The number of benzene rings is 1. The van der Waals surface area contributed by atoms with Gasteiger partial charge < -0.3 is 25.4 Å². The van der Waals surface area contributed by atoms with Crippen molar-refractivity contribution in [2.24, 2.45) is 5.73 Å². The number of esters is 1. The number of piperazine rings is 1. The summed E-state index contributed by atoms with van der Waals surface area (Å²) in [5.41, 5.74) is 6.35. The van der Waals surface area contributed by atoms with E-state index in [0.717, 1.165) is 0 Å². The monoisotopic (exact) mass is 477 g/mol. The lowest BCUT2D eigenvalue weighted by molar-refractivity contribution is -0.151. The van der Waals surface area contributed by atoms with Crippen molar-refractivity contribution in [2.45, 2.75) is 31.7 Å². The summed E-state index contributed by atoms with van der Waals surface area (Å²) in [6.07, 6.45) is -3.02. The first-order chi connectivity index (χ1) is 16.1. The van der Waals surface area contributed by atoms with E-state index in [4.69, 9.17) is 25.7 Å². The number of hydrogen-bond acceptors (Lipinski definition) is 9. The second kappa shape index (κ2) is 10.5. The van der Waals surface area contributed by atoms with Crippen molar-refractivity contribution in [3.63, 3.8) is 0 Å². The normalized spacial score (nSPS) is 22.1. The SMILES string of the molecule is CC(=O)OC1C(CN2CCN(C(CC(=O)O)C(=O)O)CC2)OC(=O)N1c1ccc(C(=N)N)cc1. The van der Waals surface area contributed by atoms with Crippen LogP contribution in [0.25, 0.3) is 0 Å². The Balaban J connectivity index is 1.69. The van der Waals surface area contributed by atoms with E-state index in [-0.39, 0.29) is 12.4 Å². The van der Waals surface area contributed by atoms with Gasteiger partial charge in [-0.3, -0.25) is 29.6 Å². The maximum absolute atomic E-state index is 12.7. The van der Waals surface area contributed by atoms with Crippen molar-refractivity contribution in [3.05, 3.63) is 29.8 Å². The summed E-state index contributed by atoms with van der Waals surface area (Å²) in [5, 5.41) is 25.8. The predicted octanol–water partition coefficient (Wildman–Crippen LogP) is -0.269. The van der Waals surface area contributed by atoms with E-state index in [1.165, 1.54) is 11.8 Å². The number of ether oxygens (including phenoxy) is 2. The lowest BCUT2D eigenvalue weighted by atomic mass is 10.1. The third kappa shape index (κ3) is 5.80. The number of nitrogens with one attached hydrogen (secondary N) is 1. The number of nitrogens with zero attached hydrogens (tertiary/aromatic N) is 3. The fourth-order valence-electron chi connectivity index (χ4n) is 4.04. The molecule has 0 spiro atoms. The van der Waals surface area contributed by atoms with Gasteiger partial charge in [0, 0.05) is 45.2 Å². The Morgan fingerprint density at radius 1 is 1.18 bits per heavy atom. The van der Waals surface area contributed by atoms with Gasteiger partial charge in [-0.1, -0.05) is 0 Å². The fourth-order valence-corrected chi connectivity index (χ4v) is 4.04. The van der Waals surface area contributed by atoms with E-state index in [2.05, 4.69) is 0 Å². The van der Waals surface area contributed by atoms with Crippen LogP contribution in [0.3, 0.4) is 0 Å². The van der Waals surface area contributed by atoms with Crippen molar-refractivity contribution in [1.29, 1.82) is 5.41 Å². The molecule has 1 aromatic carbocycles. The average Bonchev–Trinajstić information content (AvgIpc) is 3.06. The highest BCUT2D eigenvalue weighted by atomic mass is 16.6. The summed E-state index contributed by atoms with van der Waals surface area (Å²) in [7, 11) is 0. The number of amides is 1. The molecule has 2 aliphatic rings. The molecular weight excluding hydrogens is 450 g/mol. The third-order valence-corrected chi connectivity index (χ3v) is 5.70. The molecule has 0 aromatic heterocycles. The smallest absolute Gasteiger partial charge is 0.417 e. The van der Waals surface area contributed by atoms with Gasteiger partial charge in [-0.2, -0.15) is 0 Å². The zero-order valence-corrected chi connectivity index (χ0v) is 18.5. The highest BCUT2D eigenvalue weighted by molar-refractivity contribution is 5.96. The van der Waals surface area contributed by atoms with Gasteiger partial charge in [-0.05, 0) is 24.3 Å². The summed E-state index contributed by atoms with van der Waals surface area (Å²) in [4.78, 5) is 51.6. The Hall–Kier alpha value is -3.71. The first-order valence-corrected chi connectivity index (χ1v) is 10.6. The van der Waals surface area contributed by atoms with Gasteiger partial charge >= 0.3 is 24.0 Å². The van der Waals surface area contributed by atoms with Gasteiger partial charge in [-0.15, -0.1) is 0 Å². The van der Waals surface area contributed by atoms with Gasteiger partial charge in [0.2, 0.25) is 6.23 Å². The van der Waals surface area contributed by atoms with Gasteiger partial charge in [0.15, 0.2) is 6.10 Å². The maximum atomic E-state index is 12.7. The van der Waals surface area contributed by atoms with Crippen molar-refractivity contribution in [1.82, 2.24) is 9.80 Å². The summed E-state index contributed by atoms with van der Waals surface area (Å²) >= 11 is 0. The minimum atomic E-state index is -1.19. The Morgan fingerprint density at radius 3 is 2.29 bits per heavy atom. The van der Waals surface area contributed by atoms with Gasteiger partial charge in [-0.25, -0.2) is 9.69 Å². The van der Waals surface area contributed by atoms with Crippen molar-refractivity contribution in [2.75, 3.05) is 37.6 Å². The number of aliphatic carboxylic acids is 2. The number of carbonyl (C=O) groups excluding carboxylic acids is 2. The molecule has 2 aliphatic heterocycles. The molecule has 2 saturated heterocycles. The number of carboxylic acid groups (broad SMARTS) is 2. The maximum Gasteiger partial charge on any atom is 0.417 e. The number of rotatable bonds is 9. The number of hydrogen-bond donors (Lipinski definition) is 4. The lowest BCUT2D eigenvalue weighted by Crippen LogP contribution is -2.55. The predicted molar refractivity (Wildman–Crippen MR) is 117 cm³/mol. The van der Waals surface area contributed by atoms with Crippen LogP contribution in [0.4, 0.5) is 10.5 Å². The van der Waals surface area contributed by atoms with Crippen molar-refractivity contribution >= 4 is 35.5 Å². The highest BCUT2D eigenvalue weighted by Gasteiger charge is 2.46. The molecule has 13 heteroatoms. The van der Waals surface area contributed by atoms with Crippen LogP contribution in [-0.2, 0) is 23.9 Å². The summed E-state index contributed by atoms with van der Waals surface area (Å²) in [6, 6.07) is 5.16. The number of cyclic esters (lactones) is 1. The summed E-state index contributed by atoms with van der Waals surface area (Å²) < 4.78 is 10.9. The molecule has 184 valence electrons. The minimum absolute atomic E-state index is 0.127. The number of amidine groups is 1. The van der Waals surface area contributed by atoms with Gasteiger partial charge in [0.25, 0.3) is 0 Å². The standard InChI is InChI=1S/C21H27N5O8/c1-12(27)33-19-16(34-21(32)26(19)14-4-2-13(3-5-14)18(22)23)11-24-6-8-25(9-7-24)15(20(30)31)10-17(28)29/h2-5,15-16,19H,6-11H2,1H3,(H3,22,23)(H,28,29)(H,30,31). The lowest BCUT2D eigenvalue weighted by Gasteiger charge is -2.38. The molecule has 13 nitrogen and oxygen atoms in total. The van der Waals surface area contributed by atoms with Crippen LogP contribution in [-0.4, -0.2) is 101 Å². The van der Waals surface area contributed by atoms with Crippen LogP contribution in [0.5, 0.6) is 0 Å². The van der Waals surface area contributed by atoms with E-state index in [0.29, 0.717) is 37.4 Å². The fraction of sp³-hybridized carbons (Fsp3) is 0.476. The molecule has 3 unspecified atom stereocenters. The summed E-state index contributed by atoms with van der Waals surface area (Å²) in [6.45, 7) is 2.92. The first kappa shape index (κ1) is 24.9. The van der Waals surface area contributed by atoms with Crippen LogP contribution in [0.15, 0.2) is 24.3 Å². The molecular formula is C21H27N5O8. The number of nitrogens with two attached hydrogens (primary N) is 1. The van der Waals surface area contributed by atoms with E-state index < -0.39 is 48.8 Å². The largest absolute Gasteiger partial charge is 0.481 e. The highest BCUT2D eigenvalue weighted by Crippen LogP contribution is 2.29. The second-order valence-electron chi connectivity index (χ2n) is 8.04. The zero-order valence-electron chi connectivity index (χ0n) is 18.5. The summed E-state index contributed by atoms with van der Waals surface area (Å²) in [5.74, 6) is -3.10. The molecule has 5 N–H and O–H groups in total. The Labute approximate surface area is 195 Å². The molecule has 3 rings (SSSR count). The van der Waals surface area contributed by atoms with E-state index in [1.54, 1.807) is 29.2 Å². The molecule has 0 radical (unpaired) electrons. The first-order valence-electron chi connectivity index (χ1n) is 10.6.